The normalized spacial score (nSPS) is 20.9. The van der Waals surface area contributed by atoms with Gasteiger partial charge < -0.3 is 15.2 Å². The number of fused-ring (bicyclic) bond motifs is 2. The first-order valence-electron chi connectivity index (χ1n) is 7.59. The minimum atomic E-state index is -0.482. The Bertz CT molecular complexity index is 668. The quantitative estimate of drug-likeness (QED) is 0.889. The summed E-state index contributed by atoms with van der Waals surface area (Å²) >= 11 is 0. The lowest BCUT2D eigenvalue weighted by Gasteiger charge is -2.31. The zero-order chi connectivity index (χ0) is 14.2. The van der Waals surface area contributed by atoms with E-state index < -0.39 is 6.10 Å². The molecule has 2 aromatic carbocycles. The van der Waals surface area contributed by atoms with E-state index in [4.69, 9.17) is 4.74 Å². The van der Waals surface area contributed by atoms with Crippen molar-refractivity contribution < 1.29 is 9.84 Å². The van der Waals surface area contributed by atoms with Crippen LogP contribution in [-0.4, -0.2) is 17.8 Å². The molecule has 0 bridgehead atoms. The zero-order valence-corrected chi connectivity index (χ0v) is 11.9. The number of aliphatic hydroxyl groups is 1. The molecule has 108 valence electrons. The summed E-state index contributed by atoms with van der Waals surface area (Å²) in [6, 6.07) is 14.5. The van der Waals surface area contributed by atoms with E-state index in [9.17, 15) is 5.11 Å². The van der Waals surface area contributed by atoms with Crippen LogP contribution in [0.25, 0.3) is 0 Å². The topological polar surface area (TPSA) is 41.5 Å². The molecule has 0 saturated heterocycles. The Morgan fingerprint density at radius 2 is 2.00 bits per heavy atom. The predicted octanol–water partition coefficient (Wildman–Crippen LogP) is 3.08. The Hall–Kier alpha value is -2.00. The highest BCUT2D eigenvalue weighted by Crippen LogP contribution is 2.33. The minimum absolute atomic E-state index is 0.0697. The molecule has 0 radical (unpaired) electrons. The fourth-order valence-electron chi connectivity index (χ4n) is 3.32. The molecule has 2 unspecified atom stereocenters. The van der Waals surface area contributed by atoms with E-state index in [-0.39, 0.29) is 6.04 Å². The van der Waals surface area contributed by atoms with E-state index in [0.29, 0.717) is 0 Å². The Balaban J connectivity index is 1.57. The van der Waals surface area contributed by atoms with Crippen LogP contribution in [0.2, 0.25) is 0 Å². The molecule has 2 aromatic rings. The number of anilines is 1. The van der Waals surface area contributed by atoms with Crippen molar-refractivity contribution in [1.29, 1.82) is 0 Å². The number of hydrogen-bond acceptors (Lipinski definition) is 3. The van der Waals surface area contributed by atoms with Crippen LogP contribution in [0.15, 0.2) is 42.5 Å². The monoisotopic (exact) mass is 281 g/mol. The largest absolute Gasteiger partial charge is 0.493 e. The second-order valence-corrected chi connectivity index (χ2v) is 5.86. The number of aliphatic hydroxyl groups excluding tert-OH is 1. The molecule has 0 aromatic heterocycles. The van der Waals surface area contributed by atoms with Gasteiger partial charge in [-0.15, -0.1) is 0 Å². The number of benzene rings is 2. The van der Waals surface area contributed by atoms with Crippen molar-refractivity contribution in [2.24, 2.45) is 0 Å². The van der Waals surface area contributed by atoms with Crippen LogP contribution in [0, 0.1) is 0 Å². The number of rotatable bonds is 2. The van der Waals surface area contributed by atoms with E-state index in [0.717, 1.165) is 42.9 Å². The Morgan fingerprint density at radius 1 is 1.10 bits per heavy atom. The molecule has 0 saturated carbocycles. The maximum atomic E-state index is 10.7. The molecule has 0 spiro atoms. The Labute approximate surface area is 124 Å². The summed E-state index contributed by atoms with van der Waals surface area (Å²) in [5, 5.41) is 14.2. The first-order chi connectivity index (χ1) is 10.3. The second kappa shape index (κ2) is 5.08. The van der Waals surface area contributed by atoms with E-state index in [1.807, 2.05) is 18.2 Å². The van der Waals surface area contributed by atoms with Gasteiger partial charge in [-0.3, -0.25) is 0 Å². The van der Waals surface area contributed by atoms with Crippen molar-refractivity contribution in [3.8, 4) is 5.75 Å². The fourth-order valence-corrected chi connectivity index (χ4v) is 3.32. The summed E-state index contributed by atoms with van der Waals surface area (Å²) in [5.74, 6) is 0.966. The average Bonchev–Trinajstić information content (AvgIpc) is 3.01. The van der Waals surface area contributed by atoms with Gasteiger partial charge in [0.1, 0.15) is 5.75 Å². The maximum Gasteiger partial charge on any atom is 0.122 e. The van der Waals surface area contributed by atoms with E-state index >= 15 is 0 Å². The van der Waals surface area contributed by atoms with Gasteiger partial charge in [-0.2, -0.15) is 0 Å². The summed E-state index contributed by atoms with van der Waals surface area (Å²) in [6.07, 6.45) is 2.42. The third-order valence-electron chi connectivity index (χ3n) is 4.52. The molecule has 2 heterocycles. The summed E-state index contributed by atoms with van der Waals surface area (Å²) < 4.78 is 5.53. The van der Waals surface area contributed by atoms with Crippen LogP contribution in [0.3, 0.4) is 0 Å². The zero-order valence-electron chi connectivity index (χ0n) is 11.9. The van der Waals surface area contributed by atoms with Gasteiger partial charge in [0.05, 0.1) is 18.8 Å². The molecular formula is C18H19NO2. The molecular weight excluding hydrogens is 262 g/mol. The number of hydrogen-bond donors (Lipinski definition) is 2. The molecule has 2 aliphatic rings. The molecule has 0 fully saturated rings. The average molecular weight is 281 g/mol. The van der Waals surface area contributed by atoms with Crippen LogP contribution < -0.4 is 10.1 Å². The van der Waals surface area contributed by atoms with Crippen LogP contribution in [-0.2, 0) is 12.8 Å². The fraction of sp³-hybridized carbons (Fsp3) is 0.333. The van der Waals surface area contributed by atoms with Crippen molar-refractivity contribution in [2.45, 2.75) is 31.4 Å². The van der Waals surface area contributed by atoms with Crippen molar-refractivity contribution in [3.05, 3.63) is 59.2 Å². The van der Waals surface area contributed by atoms with E-state index in [1.165, 1.54) is 11.1 Å². The van der Waals surface area contributed by atoms with Crippen LogP contribution >= 0.6 is 0 Å². The smallest absolute Gasteiger partial charge is 0.122 e. The highest BCUT2D eigenvalue weighted by Gasteiger charge is 2.26. The van der Waals surface area contributed by atoms with Gasteiger partial charge in [-0.1, -0.05) is 24.3 Å². The van der Waals surface area contributed by atoms with Crippen molar-refractivity contribution in [2.75, 3.05) is 11.9 Å². The van der Waals surface area contributed by atoms with Gasteiger partial charge >= 0.3 is 0 Å². The summed E-state index contributed by atoms with van der Waals surface area (Å²) in [4.78, 5) is 0. The van der Waals surface area contributed by atoms with Gasteiger partial charge in [-0.05, 0) is 47.7 Å². The first kappa shape index (κ1) is 12.7. The lowest BCUT2D eigenvalue weighted by molar-refractivity contribution is 0.149. The van der Waals surface area contributed by atoms with Gasteiger partial charge in [0.25, 0.3) is 0 Å². The summed E-state index contributed by atoms with van der Waals surface area (Å²) in [7, 11) is 0. The number of nitrogens with one attached hydrogen (secondary N) is 1. The van der Waals surface area contributed by atoms with Gasteiger partial charge in [0.15, 0.2) is 0 Å². The third-order valence-corrected chi connectivity index (χ3v) is 4.52. The predicted molar refractivity (Wildman–Crippen MR) is 82.8 cm³/mol. The molecule has 2 aliphatic heterocycles. The first-order valence-corrected chi connectivity index (χ1v) is 7.59. The summed E-state index contributed by atoms with van der Waals surface area (Å²) in [5.41, 5.74) is 4.68. The highest BCUT2D eigenvalue weighted by atomic mass is 16.5. The molecule has 21 heavy (non-hydrogen) atoms. The lowest BCUT2D eigenvalue weighted by atomic mass is 9.91. The molecule has 0 amide bonds. The van der Waals surface area contributed by atoms with E-state index in [1.54, 1.807) is 0 Å². The van der Waals surface area contributed by atoms with Crippen LogP contribution in [0.4, 0.5) is 5.69 Å². The van der Waals surface area contributed by atoms with Crippen molar-refractivity contribution >= 4 is 5.69 Å². The Morgan fingerprint density at radius 3 is 2.95 bits per heavy atom. The van der Waals surface area contributed by atoms with Crippen molar-refractivity contribution in [1.82, 2.24) is 0 Å². The van der Waals surface area contributed by atoms with Gasteiger partial charge in [-0.25, -0.2) is 0 Å². The third kappa shape index (κ3) is 2.28. The second-order valence-electron chi connectivity index (χ2n) is 5.86. The van der Waals surface area contributed by atoms with E-state index in [2.05, 4.69) is 29.6 Å². The molecule has 0 aliphatic carbocycles. The summed E-state index contributed by atoms with van der Waals surface area (Å²) in [6.45, 7) is 0.754. The number of aryl methyl sites for hydroxylation is 1. The SMILES string of the molecule is OC(c1ccc2c(c1)CCO2)C1CCc2ccccc2N1. The van der Waals surface area contributed by atoms with Gasteiger partial charge in [0.2, 0.25) is 0 Å². The molecule has 3 heteroatoms. The molecule has 3 nitrogen and oxygen atoms in total. The minimum Gasteiger partial charge on any atom is -0.493 e. The standard InChI is InChI=1S/C18H19NO2/c20-18(14-6-8-17-13(11-14)9-10-21-17)16-7-5-12-3-1-2-4-15(12)19-16/h1-4,6,8,11,16,18-20H,5,7,9-10H2. The van der Waals surface area contributed by atoms with Crippen LogP contribution in [0.5, 0.6) is 5.75 Å². The molecule has 2 atom stereocenters. The Kier molecular flexibility index (Phi) is 3.08. The number of para-hydroxylation sites is 1. The van der Waals surface area contributed by atoms with Gasteiger partial charge in [0, 0.05) is 12.1 Å². The molecule has 4 rings (SSSR count). The van der Waals surface area contributed by atoms with Crippen LogP contribution in [0.1, 0.15) is 29.2 Å². The lowest BCUT2D eigenvalue weighted by Crippen LogP contribution is -2.31. The molecule has 2 N–H and O–H groups in total. The highest BCUT2D eigenvalue weighted by molar-refractivity contribution is 5.54. The maximum absolute atomic E-state index is 10.7. The number of ether oxygens (including phenoxy) is 1. The van der Waals surface area contributed by atoms with Crippen molar-refractivity contribution in [3.63, 3.8) is 0 Å².